The molecule has 2 rings (SSSR count). The number of nitrogens with one attached hydrogen (secondary N) is 1. The van der Waals surface area contributed by atoms with Gasteiger partial charge in [0.25, 0.3) is 0 Å². The molecule has 0 radical (unpaired) electrons. The van der Waals surface area contributed by atoms with Crippen molar-refractivity contribution in [1.82, 2.24) is 10.2 Å². The molecule has 8 nitrogen and oxygen atoms in total. The van der Waals surface area contributed by atoms with Crippen LogP contribution in [0.4, 0.5) is 4.79 Å². The first kappa shape index (κ1) is 14.1. The first-order valence-electron chi connectivity index (χ1n) is 5.39. The van der Waals surface area contributed by atoms with Crippen LogP contribution in [0.3, 0.4) is 0 Å². The Kier molecular flexibility index (Phi) is 4.66. The van der Waals surface area contributed by atoms with E-state index in [1.165, 1.54) is 4.90 Å². The summed E-state index contributed by atoms with van der Waals surface area (Å²) in [6.07, 6.45) is -1.14. The maximum absolute atomic E-state index is 11.6. The number of nitrogens with zero attached hydrogens (tertiary/aromatic N) is 1. The summed E-state index contributed by atoms with van der Waals surface area (Å²) in [6.45, 7) is 0.259. The van der Waals surface area contributed by atoms with Gasteiger partial charge in [0.1, 0.15) is 12.3 Å². The van der Waals surface area contributed by atoms with Gasteiger partial charge in [0.15, 0.2) is 0 Å². The Bertz CT molecular complexity index is 277. The lowest BCUT2D eigenvalue weighted by Gasteiger charge is -2.34. The lowest BCUT2D eigenvalue weighted by molar-refractivity contribution is -0.0676. The van der Waals surface area contributed by atoms with Gasteiger partial charge in [-0.15, -0.1) is 0 Å². The van der Waals surface area contributed by atoms with Crippen molar-refractivity contribution in [3.05, 3.63) is 0 Å². The Morgan fingerprint density at radius 2 is 2.29 bits per heavy atom. The van der Waals surface area contributed by atoms with Gasteiger partial charge < -0.3 is 31.5 Å². The van der Waals surface area contributed by atoms with Crippen LogP contribution in [0.2, 0.25) is 0 Å². The summed E-state index contributed by atoms with van der Waals surface area (Å²) < 4.78 is 5.39. The monoisotopic (exact) mass is 249 g/mol. The smallest absolute Gasteiger partial charge is 0.320 e. The molecule has 1 unspecified atom stereocenters. The molecule has 7 N–H and O–H groups in total. The molecule has 0 aromatic carbocycles. The molecule has 2 saturated heterocycles. The third kappa shape index (κ3) is 2.85. The average Bonchev–Trinajstić information content (AvgIpc) is 2.59. The number of nitrogens with two attached hydrogens (primary N) is 1. The van der Waals surface area contributed by atoms with Gasteiger partial charge in [-0.1, -0.05) is 0 Å². The largest absolute Gasteiger partial charge is 0.412 e. The molecule has 2 heterocycles. The number of carbonyl (C=O) groups is 1. The van der Waals surface area contributed by atoms with Crippen LogP contribution in [0, 0.1) is 0 Å². The Morgan fingerprint density at radius 3 is 2.82 bits per heavy atom. The van der Waals surface area contributed by atoms with Crippen molar-refractivity contribution in [3.8, 4) is 0 Å². The number of carbonyl (C=O) groups excluding carboxylic acids is 1. The lowest BCUT2D eigenvalue weighted by Crippen LogP contribution is -2.58. The van der Waals surface area contributed by atoms with E-state index in [4.69, 9.17) is 15.6 Å². The summed E-state index contributed by atoms with van der Waals surface area (Å²) in [4.78, 5) is 13.1. The maximum Gasteiger partial charge on any atom is 0.320 e. The van der Waals surface area contributed by atoms with Gasteiger partial charge in [0.05, 0.1) is 18.9 Å². The fraction of sp³-hybridized carbons (Fsp3) is 0.889. The molecule has 0 aromatic rings. The SMILES string of the molecule is NC1CCN([C@H]2C[C@H](O)[C@@H](CO)O2)C(=O)N1.O. The first-order chi connectivity index (χ1) is 7.61. The third-order valence-corrected chi connectivity index (χ3v) is 2.98. The van der Waals surface area contributed by atoms with Gasteiger partial charge in [0.2, 0.25) is 0 Å². The van der Waals surface area contributed by atoms with E-state index in [-0.39, 0.29) is 24.3 Å². The van der Waals surface area contributed by atoms with Gasteiger partial charge in [-0.3, -0.25) is 4.90 Å². The highest BCUT2D eigenvalue weighted by Gasteiger charge is 2.39. The topological polar surface area (TPSA) is 140 Å². The highest BCUT2D eigenvalue weighted by atomic mass is 16.5. The Hall–Kier alpha value is -0.930. The van der Waals surface area contributed by atoms with Crippen LogP contribution < -0.4 is 11.1 Å². The zero-order valence-corrected chi connectivity index (χ0v) is 9.37. The van der Waals surface area contributed by atoms with E-state index in [1.807, 2.05) is 0 Å². The van der Waals surface area contributed by atoms with Gasteiger partial charge >= 0.3 is 6.03 Å². The van der Waals surface area contributed by atoms with E-state index in [0.717, 1.165) is 0 Å². The second-order valence-corrected chi connectivity index (χ2v) is 4.15. The van der Waals surface area contributed by atoms with Crippen LogP contribution in [0.1, 0.15) is 12.8 Å². The third-order valence-electron chi connectivity index (χ3n) is 2.98. The minimum Gasteiger partial charge on any atom is -0.412 e. The molecule has 2 aliphatic heterocycles. The van der Waals surface area contributed by atoms with Crippen molar-refractivity contribution in [3.63, 3.8) is 0 Å². The molecule has 2 aliphatic rings. The predicted molar refractivity (Wildman–Crippen MR) is 57.8 cm³/mol. The lowest BCUT2D eigenvalue weighted by atomic mass is 10.1. The van der Waals surface area contributed by atoms with Gasteiger partial charge in [-0.25, -0.2) is 4.79 Å². The molecule has 0 aromatic heterocycles. The first-order valence-corrected chi connectivity index (χ1v) is 5.39. The summed E-state index contributed by atoms with van der Waals surface area (Å²) in [5, 5.41) is 21.1. The van der Waals surface area contributed by atoms with Crippen molar-refractivity contribution in [2.45, 2.75) is 37.4 Å². The molecular formula is C9H19N3O5. The van der Waals surface area contributed by atoms with Gasteiger partial charge in [0, 0.05) is 13.0 Å². The second-order valence-electron chi connectivity index (χ2n) is 4.15. The summed E-state index contributed by atoms with van der Waals surface area (Å²) in [5.74, 6) is 0. The Balaban J connectivity index is 0.00000144. The average molecular weight is 249 g/mol. The number of aliphatic hydroxyl groups is 2. The van der Waals surface area contributed by atoms with E-state index >= 15 is 0 Å². The summed E-state index contributed by atoms with van der Waals surface area (Å²) in [7, 11) is 0. The van der Waals surface area contributed by atoms with E-state index in [2.05, 4.69) is 5.32 Å². The van der Waals surface area contributed by atoms with Crippen LogP contribution in [0.15, 0.2) is 0 Å². The van der Waals surface area contributed by atoms with Crippen LogP contribution in [0.5, 0.6) is 0 Å². The molecule has 0 spiro atoms. The molecule has 4 atom stereocenters. The van der Waals surface area contributed by atoms with Crippen molar-refractivity contribution in [1.29, 1.82) is 0 Å². The summed E-state index contributed by atoms with van der Waals surface area (Å²) in [6, 6.07) is -0.283. The highest BCUT2D eigenvalue weighted by molar-refractivity contribution is 5.75. The molecule has 17 heavy (non-hydrogen) atoms. The number of rotatable bonds is 2. The molecule has 2 amide bonds. The zero-order valence-electron chi connectivity index (χ0n) is 9.37. The van der Waals surface area contributed by atoms with Crippen LogP contribution in [0.25, 0.3) is 0 Å². The number of hydrogen-bond acceptors (Lipinski definition) is 5. The minimum atomic E-state index is -0.724. The Labute approximate surface area is 98.6 Å². The maximum atomic E-state index is 11.6. The molecule has 8 heteroatoms. The molecule has 2 fully saturated rings. The molecule has 0 saturated carbocycles. The van der Waals surface area contributed by atoms with Crippen LogP contribution in [-0.2, 0) is 4.74 Å². The number of ether oxygens (including phenoxy) is 1. The Morgan fingerprint density at radius 1 is 1.59 bits per heavy atom. The molecule has 100 valence electrons. The number of hydrogen-bond donors (Lipinski definition) is 4. The fourth-order valence-corrected chi connectivity index (χ4v) is 2.04. The summed E-state index contributed by atoms with van der Waals surface area (Å²) in [5.41, 5.74) is 5.58. The molecule has 0 aliphatic carbocycles. The predicted octanol–water partition coefficient (Wildman–Crippen LogP) is -2.67. The summed E-state index contributed by atoms with van der Waals surface area (Å²) >= 11 is 0. The van der Waals surface area contributed by atoms with Gasteiger partial charge in [-0.2, -0.15) is 0 Å². The van der Waals surface area contributed by atoms with Crippen molar-refractivity contribution in [2.75, 3.05) is 13.2 Å². The molecule has 0 bridgehead atoms. The van der Waals surface area contributed by atoms with Crippen molar-refractivity contribution in [2.24, 2.45) is 5.73 Å². The standard InChI is InChI=1S/C9H17N3O4.H2O/c10-7-1-2-12(9(15)11-7)8-3-5(14)6(4-13)16-8;/h5-8,13-14H,1-4,10H2,(H,11,15);1H2/t5-,6+,7?,8+;/m0./s1. The normalized spacial score (nSPS) is 37.6. The molecular weight excluding hydrogens is 230 g/mol. The van der Waals surface area contributed by atoms with E-state index in [9.17, 15) is 9.90 Å². The highest BCUT2D eigenvalue weighted by Crippen LogP contribution is 2.24. The zero-order chi connectivity index (χ0) is 11.7. The number of urea groups is 1. The fourth-order valence-electron chi connectivity index (χ4n) is 2.04. The van der Waals surface area contributed by atoms with Crippen LogP contribution in [-0.4, -0.2) is 64.4 Å². The van der Waals surface area contributed by atoms with E-state index in [0.29, 0.717) is 19.4 Å². The van der Waals surface area contributed by atoms with Crippen molar-refractivity contribution >= 4 is 6.03 Å². The second kappa shape index (κ2) is 5.61. The van der Waals surface area contributed by atoms with Gasteiger partial charge in [-0.05, 0) is 6.42 Å². The number of amides is 2. The minimum absolute atomic E-state index is 0. The van der Waals surface area contributed by atoms with E-state index in [1.54, 1.807) is 0 Å². The van der Waals surface area contributed by atoms with Crippen LogP contribution >= 0.6 is 0 Å². The number of aliphatic hydroxyl groups excluding tert-OH is 2. The van der Waals surface area contributed by atoms with E-state index < -0.39 is 18.4 Å². The van der Waals surface area contributed by atoms with Crippen molar-refractivity contribution < 1.29 is 25.2 Å². The quantitative estimate of drug-likeness (QED) is 0.422.